The highest BCUT2D eigenvalue weighted by Gasteiger charge is 2.15. The van der Waals surface area contributed by atoms with Gasteiger partial charge in [0, 0.05) is 31.3 Å². The van der Waals surface area contributed by atoms with Crippen molar-refractivity contribution in [1.29, 1.82) is 0 Å². The molecule has 0 aliphatic heterocycles. The van der Waals surface area contributed by atoms with Gasteiger partial charge in [0.15, 0.2) is 0 Å². The first-order chi connectivity index (χ1) is 13.0. The maximum absolute atomic E-state index is 9.22. The summed E-state index contributed by atoms with van der Waals surface area (Å²) < 4.78 is 45.6. The molecule has 28 heavy (non-hydrogen) atoms. The highest BCUT2D eigenvalue weighted by atomic mass is 32.3. The summed E-state index contributed by atoms with van der Waals surface area (Å²) >= 11 is 0. The molecule has 11 nitrogen and oxygen atoms in total. The Morgan fingerprint density at radius 2 is 1.68 bits per heavy atom. The van der Waals surface area contributed by atoms with Crippen molar-refractivity contribution in [3.05, 3.63) is 24.5 Å². The standard InChI is InChI=1S/C15H22N5O2.CH4O4S/c1-18(2)12-10-13(21-5)11(9-14(12)22-6)16-17-15-19(3)7-8-20(15)4;1-5-6(2,3)4/h7-10H,1-6H3;1H3,(H,2,3,4)/q+1;/p-1. The van der Waals surface area contributed by atoms with Gasteiger partial charge in [-0.2, -0.15) is 0 Å². The van der Waals surface area contributed by atoms with Crippen molar-refractivity contribution in [2.45, 2.75) is 0 Å². The van der Waals surface area contributed by atoms with E-state index >= 15 is 0 Å². The normalized spacial score (nSPS) is 11.1. The zero-order valence-electron chi connectivity index (χ0n) is 16.9. The molecule has 0 fully saturated rings. The molecule has 0 radical (unpaired) electrons. The van der Waals surface area contributed by atoms with Gasteiger partial charge in [0.2, 0.25) is 10.4 Å². The van der Waals surface area contributed by atoms with Crippen molar-refractivity contribution in [3.63, 3.8) is 0 Å². The second kappa shape index (κ2) is 10.0. The average molecular weight is 415 g/mol. The van der Waals surface area contributed by atoms with Crippen LogP contribution in [0.4, 0.5) is 17.3 Å². The maximum Gasteiger partial charge on any atom is 0.421 e. The first kappa shape index (κ1) is 23.3. The molecule has 0 spiro atoms. The van der Waals surface area contributed by atoms with E-state index in [0.717, 1.165) is 24.5 Å². The van der Waals surface area contributed by atoms with Gasteiger partial charge >= 0.3 is 5.95 Å². The lowest BCUT2D eigenvalue weighted by molar-refractivity contribution is -0.657. The number of hydrogen-bond acceptors (Lipinski definition) is 9. The van der Waals surface area contributed by atoms with E-state index in [-0.39, 0.29) is 0 Å². The topological polar surface area (TPSA) is 122 Å². The first-order valence-corrected chi connectivity index (χ1v) is 9.24. The second-order valence-electron chi connectivity index (χ2n) is 5.69. The van der Waals surface area contributed by atoms with Crippen molar-refractivity contribution in [2.75, 3.05) is 40.3 Å². The summed E-state index contributed by atoms with van der Waals surface area (Å²) in [6.45, 7) is 0. The van der Waals surface area contributed by atoms with Crippen LogP contribution in [0.1, 0.15) is 0 Å². The van der Waals surface area contributed by atoms with Crippen LogP contribution >= 0.6 is 0 Å². The smallest absolute Gasteiger partial charge is 0.421 e. The van der Waals surface area contributed by atoms with Crippen LogP contribution in [-0.4, -0.2) is 53.0 Å². The van der Waals surface area contributed by atoms with Crippen molar-refractivity contribution >= 4 is 27.7 Å². The predicted octanol–water partition coefficient (Wildman–Crippen LogP) is 1.44. The van der Waals surface area contributed by atoms with Crippen molar-refractivity contribution in [1.82, 2.24) is 4.57 Å². The van der Waals surface area contributed by atoms with Gasteiger partial charge in [-0.25, -0.2) is 17.6 Å². The fourth-order valence-corrected chi connectivity index (χ4v) is 2.11. The van der Waals surface area contributed by atoms with E-state index in [0.29, 0.717) is 11.4 Å². The van der Waals surface area contributed by atoms with Gasteiger partial charge < -0.3 is 18.9 Å². The Kier molecular flexibility index (Phi) is 8.35. The Morgan fingerprint density at radius 1 is 1.11 bits per heavy atom. The number of anilines is 1. The molecule has 1 aromatic heterocycles. The third-order valence-electron chi connectivity index (χ3n) is 3.56. The van der Waals surface area contributed by atoms with Crippen LogP contribution in [-0.2, 0) is 28.7 Å². The number of hydrogen-bond donors (Lipinski definition) is 0. The molecule has 156 valence electrons. The third kappa shape index (κ3) is 6.48. The van der Waals surface area contributed by atoms with E-state index in [1.807, 2.05) is 66.8 Å². The van der Waals surface area contributed by atoms with Gasteiger partial charge in [-0.05, 0) is 0 Å². The largest absolute Gasteiger partial charge is 0.726 e. The SMILES string of the molecule is COS(=O)(=O)[O-].COc1cc(N(C)C)c(OC)cc1N=Nc1n(C)cc[n+]1C. The fourth-order valence-electron chi connectivity index (χ4n) is 2.11. The van der Waals surface area contributed by atoms with Crippen LogP contribution in [0, 0.1) is 0 Å². The molecule has 2 rings (SSSR count). The highest BCUT2D eigenvalue weighted by Crippen LogP contribution is 2.39. The molecule has 0 saturated heterocycles. The van der Waals surface area contributed by atoms with Crippen LogP contribution in [0.2, 0.25) is 0 Å². The van der Waals surface area contributed by atoms with E-state index in [4.69, 9.17) is 9.47 Å². The molecule has 0 bridgehead atoms. The number of imidazole rings is 1. The molecule has 0 aliphatic carbocycles. The van der Waals surface area contributed by atoms with Gasteiger partial charge in [0.05, 0.1) is 53.5 Å². The Bertz CT molecular complexity index is 904. The van der Waals surface area contributed by atoms with Crippen LogP contribution in [0.25, 0.3) is 0 Å². The monoisotopic (exact) mass is 415 g/mol. The van der Waals surface area contributed by atoms with E-state index in [1.54, 1.807) is 14.2 Å². The Morgan fingerprint density at radius 3 is 2.07 bits per heavy atom. The van der Waals surface area contributed by atoms with E-state index in [2.05, 4.69) is 14.4 Å². The van der Waals surface area contributed by atoms with Gasteiger partial charge in [-0.15, -0.1) is 0 Å². The molecule has 1 heterocycles. The molecule has 0 N–H and O–H groups in total. The molecule has 0 aliphatic rings. The maximum atomic E-state index is 9.22. The van der Waals surface area contributed by atoms with Crippen molar-refractivity contribution < 1.29 is 31.2 Å². The van der Waals surface area contributed by atoms with Gasteiger partial charge in [-0.1, -0.05) is 5.11 Å². The van der Waals surface area contributed by atoms with E-state index < -0.39 is 10.4 Å². The molecule has 0 atom stereocenters. The molecule has 2 aromatic rings. The number of aryl methyl sites for hydroxylation is 2. The van der Waals surface area contributed by atoms with Gasteiger partial charge in [0.1, 0.15) is 17.2 Å². The van der Waals surface area contributed by atoms with Crippen molar-refractivity contribution in [3.8, 4) is 11.5 Å². The zero-order chi connectivity index (χ0) is 21.5. The van der Waals surface area contributed by atoms with Crippen molar-refractivity contribution in [2.24, 2.45) is 24.3 Å². The quantitative estimate of drug-likeness (QED) is 0.303. The Balaban J connectivity index is 0.000000568. The lowest BCUT2D eigenvalue weighted by atomic mass is 10.2. The molecule has 0 amide bonds. The number of ether oxygens (including phenoxy) is 2. The molecular weight excluding hydrogens is 390 g/mol. The second-order valence-corrected chi connectivity index (χ2v) is 6.84. The van der Waals surface area contributed by atoms with Gasteiger partial charge in [0.25, 0.3) is 0 Å². The van der Waals surface area contributed by atoms with Crippen LogP contribution in [0.5, 0.6) is 11.5 Å². The molecule has 1 aromatic carbocycles. The summed E-state index contributed by atoms with van der Waals surface area (Å²) in [6, 6.07) is 3.71. The fraction of sp³-hybridized carbons (Fsp3) is 0.438. The number of aromatic nitrogens is 2. The van der Waals surface area contributed by atoms with Crippen LogP contribution in [0.15, 0.2) is 34.8 Å². The number of azo groups is 1. The molecule has 0 saturated carbocycles. The summed E-state index contributed by atoms with van der Waals surface area (Å²) in [5.41, 5.74) is 1.54. The minimum Gasteiger partial charge on any atom is -0.726 e. The first-order valence-electron chi connectivity index (χ1n) is 7.91. The lowest BCUT2D eigenvalue weighted by Crippen LogP contribution is -2.25. The summed E-state index contributed by atoms with van der Waals surface area (Å²) in [6.07, 6.45) is 3.84. The van der Waals surface area contributed by atoms with E-state index in [9.17, 15) is 13.0 Å². The minimum absolute atomic E-state index is 0.617. The molecular formula is C16H25N5O6S. The van der Waals surface area contributed by atoms with Crippen LogP contribution < -0.4 is 18.9 Å². The summed E-state index contributed by atoms with van der Waals surface area (Å²) in [7, 11) is 7.37. The average Bonchev–Trinajstić information content (AvgIpc) is 2.96. The van der Waals surface area contributed by atoms with Crippen LogP contribution in [0.3, 0.4) is 0 Å². The zero-order valence-corrected chi connectivity index (χ0v) is 17.7. The summed E-state index contributed by atoms with van der Waals surface area (Å²) in [4.78, 5) is 1.96. The lowest BCUT2D eigenvalue weighted by Gasteiger charge is -2.18. The Hall–Kier alpha value is -2.70. The number of benzene rings is 1. The number of rotatable bonds is 6. The van der Waals surface area contributed by atoms with Gasteiger partial charge in [-0.3, -0.25) is 4.18 Å². The Labute approximate surface area is 164 Å². The molecule has 0 unspecified atom stereocenters. The molecule has 12 heteroatoms. The number of nitrogens with zero attached hydrogens (tertiary/aromatic N) is 5. The summed E-state index contributed by atoms with van der Waals surface area (Å²) in [5.74, 6) is 2.10. The highest BCUT2D eigenvalue weighted by molar-refractivity contribution is 7.80. The number of methoxy groups -OCH3 is 2. The summed E-state index contributed by atoms with van der Waals surface area (Å²) in [5, 5.41) is 8.61. The predicted molar refractivity (Wildman–Crippen MR) is 101 cm³/mol. The third-order valence-corrected chi connectivity index (χ3v) is 3.97. The minimum atomic E-state index is -4.41. The van der Waals surface area contributed by atoms with E-state index in [1.165, 1.54) is 0 Å².